The third-order valence-corrected chi connectivity index (χ3v) is 8.04. The maximum absolute atomic E-state index is 13.5. The maximum atomic E-state index is 13.5. The van der Waals surface area contributed by atoms with Crippen molar-refractivity contribution in [3.63, 3.8) is 0 Å². The van der Waals surface area contributed by atoms with Gasteiger partial charge in [-0.3, -0.25) is 9.69 Å². The first-order chi connectivity index (χ1) is 20.1. The molecule has 2 aliphatic rings. The summed E-state index contributed by atoms with van der Waals surface area (Å²) >= 11 is 0. The minimum absolute atomic E-state index is 0.0429. The van der Waals surface area contributed by atoms with Crippen LogP contribution in [-0.4, -0.2) is 56.8 Å². The van der Waals surface area contributed by atoms with E-state index in [1.165, 1.54) is 17.7 Å². The molecule has 0 bridgehead atoms. The summed E-state index contributed by atoms with van der Waals surface area (Å²) in [5.41, 5.74) is 7.22. The van der Waals surface area contributed by atoms with Crippen molar-refractivity contribution >= 4 is 23.4 Å². The molecule has 1 atom stereocenters. The van der Waals surface area contributed by atoms with Crippen molar-refractivity contribution in [2.24, 2.45) is 0 Å². The average molecular weight is 554 g/mol. The Bertz CT molecular complexity index is 1350. The summed E-state index contributed by atoms with van der Waals surface area (Å²) in [5, 5.41) is 3.15. The summed E-state index contributed by atoms with van der Waals surface area (Å²) in [6.07, 6.45) is 6.11. The molecular formula is C35H43N3O3. The summed E-state index contributed by atoms with van der Waals surface area (Å²) in [4.78, 5) is 18.3. The van der Waals surface area contributed by atoms with Crippen LogP contribution in [0.25, 0.3) is 17.2 Å². The molecule has 3 aromatic rings. The van der Waals surface area contributed by atoms with Gasteiger partial charge in [-0.15, -0.1) is 0 Å². The molecule has 1 fully saturated rings. The number of hydrogen-bond acceptors (Lipinski definition) is 5. The molecule has 0 aromatic heterocycles. The number of carbonyl (C=O) groups excluding carboxylic acids is 1. The molecule has 0 spiro atoms. The zero-order chi connectivity index (χ0) is 28.6. The van der Waals surface area contributed by atoms with Crippen LogP contribution in [0.1, 0.15) is 50.7 Å². The number of nitrogens with one attached hydrogen (secondary N) is 1. The highest BCUT2D eigenvalue weighted by atomic mass is 16.5. The van der Waals surface area contributed by atoms with Crippen molar-refractivity contribution in [2.75, 3.05) is 50.2 Å². The van der Waals surface area contributed by atoms with Crippen molar-refractivity contribution in [1.29, 1.82) is 0 Å². The van der Waals surface area contributed by atoms with Gasteiger partial charge >= 0.3 is 0 Å². The second-order valence-electron chi connectivity index (χ2n) is 11.0. The van der Waals surface area contributed by atoms with Crippen LogP contribution in [0, 0.1) is 0 Å². The van der Waals surface area contributed by atoms with Gasteiger partial charge in [-0.25, -0.2) is 0 Å². The normalized spacial score (nSPS) is 17.0. The van der Waals surface area contributed by atoms with E-state index in [4.69, 9.17) is 9.47 Å². The Morgan fingerprint density at radius 3 is 2.68 bits per heavy atom. The van der Waals surface area contributed by atoms with E-state index in [0.717, 1.165) is 79.4 Å². The van der Waals surface area contributed by atoms with Crippen molar-refractivity contribution < 1.29 is 14.3 Å². The maximum Gasteiger partial charge on any atom is 0.251 e. The summed E-state index contributed by atoms with van der Waals surface area (Å²) in [5.74, 6) is 0.830. The van der Waals surface area contributed by atoms with Gasteiger partial charge in [0.25, 0.3) is 5.91 Å². The highest BCUT2D eigenvalue weighted by molar-refractivity contribution is 6.07. The first kappa shape index (κ1) is 28.9. The lowest BCUT2D eigenvalue weighted by atomic mass is 9.99. The summed E-state index contributed by atoms with van der Waals surface area (Å²) in [7, 11) is 2.16. The standard InChI is InChI=1S/C35H43N3O3/c1-4-19-38-20-18-28(23-29-22-27(14-17-33(29)38)32-10-6-7-11-34(32)41-5-2)35(39)36-30-15-12-26(13-16-30)24-37(3)31-9-8-21-40-25-31/h6-7,10-17,22-23,31H,4-5,8-9,18-21,24-25H2,1-3H3,(H,36,39). The molecule has 0 radical (unpaired) electrons. The Hall–Kier alpha value is -3.61. The quantitative estimate of drug-likeness (QED) is 0.293. The lowest BCUT2D eigenvalue weighted by Gasteiger charge is -2.31. The van der Waals surface area contributed by atoms with Crippen LogP contribution in [0.4, 0.5) is 11.4 Å². The molecule has 2 heterocycles. The number of anilines is 2. The van der Waals surface area contributed by atoms with Gasteiger partial charge in [-0.1, -0.05) is 43.3 Å². The van der Waals surface area contributed by atoms with E-state index >= 15 is 0 Å². The van der Waals surface area contributed by atoms with Crippen LogP contribution >= 0.6 is 0 Å². The number of carbonyl (C=O) groups is 1. The van der Waals surface area contributed by atoms with Gasteiger partial charge in [-0.05, 0) is 92.8 Å². The van der Waals surface area contributed by atoms with E-state index < -0.39 is 0 Å². The predicted octanol–water partition coefficient (Wildman–Crippen LogP) is 7.01. The van der Waals surface area contributed by atoms with Crippen LogP contribution in [0.3, 0.4) is 0 Å². The van der Waals surface area contributed by atoms with Crippen molar-refractivity contribution in [3.05, 3.63) is 83.4 Å². The Kier molecular flexibility index (Phi) is 9.75. The molecule has 1 N–H and O–H groups in total. The highest BCUT2D eigenvalue weighted by Crippen LogP contribution is 2.36. The smallest absolute Gasteiger partial charge is 0.251 e. The first-order valence-corrected chi connectivity index (χ1v) is 15.1. The van der Waals surface area contributed by atoms with Crippen LogP contribution in [0.15, 0.2) is 72.3 Å². The van der Waals surface area contributed by atoms with E-state index in [9.17, 15) is 4.79 Å². The zero-order valence-electron chi connectivity index (χ0n) is 24.7. The molecule has 2 aliphatic heterocycles. The van der Waals surface area contributed by atoms with Gasteiger partial charge in [-0.2, -0.15) is 0 Å². The summed E-state index contributed by atoms with van der Waals surface area (Å²) in [6.45, 7) is 9.12. The largest absolute Gasteiger partial charge is 0.493 e. The number of amides is 1. The lowest BCUT2D eigenvalue weighted by molar-refractivity contribution is -0.112. The fraction of sp³-hybridized carbons (Fsp3) is 0.400. The van der Waals surface area contributed by atoms with Gasteiger partial charge < -0.3 is 19.7 Å². The van der Waals surface area contributed by atoms with Crippen LogP contribution in [0.2, 0.25) is 0 Å². The van der Waals surface area contributed by atoms with Crippen LogP contribution in [0.5, 0.6) is 5.75 Å². The molecule has 1 saturated heterocycles. The lowest BCUT2D eigenvalue weighted by Crippen LogP contribution is -2.37. The van der Waals surface area contributed by atoms with E-state index in [1.54, 1.807) is 0 Å². The molecule has 6 heteroatoms. The number of fused-ring (bicyclic) bond motifs is 1. The third-order valence-electron chi connectivity index (χ3n) is 8.04. The van der Waals surface area contributed by atoms with E-state index in [0.29, 0.717) is 19.1 Å². The third kappa shape index (κ3) is 7.19. The molecule has 6 nitrogen and oxygen atoms in total. The first-order valence-electron chi connectivity index (χ1n) is 15.1. The molecule has 1 unspecified atom stereocenters. The average Bonchev–Trinajstić information content (AvgIpc) is 3.18. The fourth-order valence-corrected chi connectivity index (χ4v) is 5.82. The van der Waals surface area contributed by atoms with Crippen LogP contribution in [-0.2, 0) is 16.1 Å². The monoisotopic (exact) mass is 553 g/mol. The molecule has 3 aromatic carbocycles. The van der Waals surface area contributed by atoms with Gasteiger partial charge in [0.15, 0.2) is 0 Å². The number of nitrogens with zero attached hydrogens (tertiary/aromatic N) is 2. The topological polar surface area (TPSA) is 54.0 Å². The number of rotatable bonds is 10. The molecule has 0 aliphatic carbocycles. The molecule has 0 saturated carbocycles. The second kappa shape index (κ2) is 13.8. The molecule has 216 valence electrons. The van der Waals surface area contributed by atoms with Gasteiger partial charge in [0.1, 0.15) is 5.75 Å². The number of ether oxygens (including phenoxy) is 2. The van der Waals surface area contributed by atoms with Crippen molar-refractivity contribution in [2.45, 2.75) is 52.1 Å². The molecule has 1 amide bonds. The summed E-state index contributed by atoms with van der Waals surface area (Å²) in [6, 6.07) is 23.4. The number of likely N-dealkylation sites (N-methyl/N-ethyl adjacent to an activating group) is 1. The number of hydrogen-bond donors (Lipinski definition) is 1. The molecular weight excluding hydrogens is 510 g/mol. The second-order valence-corrected chi connectivity index (χ2v) is 11.0. The number of para-hydroxylation sites is 1. The van der Waals surface area contributed by atoms with E-state index in [2.05, 4.69) is 71.6 Å². The van der Waals surface area contributed by atoms with Gasteiger partial charge in [0.2, 0.25) is 0 Å². The Morgan fingerprint density at radius 2 is 1.93 bits per heavy atom. The predicted molar refractivity (Wildman–Crippen MR) is 169 cm³/mol. The van der Waals surface area contributed by atoms with E-state index in [-0.39, 0.29) is 5.91 Å². The Morgan fingerprint density at radius 1 is 1.10 bits per heavy atom. The SMILES string of the molecule is CCCN1CCC(C(=O)Nc2ccc(CN(C)C3CCCOC3)cc2)=Cc2cc(-c3ccccc3OCC)ccc21. The minimum Gasteiger partial charge on any atom is -0.493 e. The molecule has 41 heavy (non-hydrogen) atoms. The van der Waals surface area contributed by atoms with Crippen molar-refractivity contribution in [1.82, 2.24) is 4.90 Å². The van der Waals surface area contributed by atoms with Crippen molar-refractivity contribution in [3.8, 4) is 16.9 Å². The van der Waals surface area contributed by atoms with Gasteiger partial charge in [0.05, 0.1) is 13.2 Å². The Balaban J connectivity index is 1.33. The highest BCUT2D eigenvalue weighted by Gasteiger charge is 2.21. The van der Waals surface area contributed by atoms with E-state index in [1.807, 2.05) is 37.3 Å². The Labute approximate surface area is 245 Å². The zero-order valence-corrected chi connectivity index (χ0v) is 24.7. The number of benzene rings is 3. The van der Waals surface area contributed by atoms with Crippen LogP contribution < -0.4 is 15.0 Å². The van der Waals surface area contributed by atoms with Gasteiger partial charge in [0, 0.05) is 54.8 Å². The minimum atomic E-state index is -0.0429. The summed E-state index contributed by atoms with van der Waals surface area (Å²) < 4.78 is 11.6. The molecule has 5 rings (SSSR count). The fourth-order valence-electron chi connectivity index (χ4n) is 5.82.